The van der Waals surface area contributed by atoms with Crippen LogP contribution in [0, 0.1) is 0 Å². The Morgan fingerprint density at radius 1 is 0.885 bits per heavy atom. The first-order valence-corrected chi connectivity index (χ1v) is 11.0. The van der Waals surface area contributed by atoms with Crippen molar-refractivity contribution in [2.45, 2.75) is 31.8 Å². The molecule has 2 rings (SSSR count). The van der Waals surface area contributed by atoms with Gasteiger partial charge >= 0.3 is 0 Å². The summed E-state index contributed by atoms with van der Waals surface area (Å²) in [7, 11) is 0. The number of ketones is 1. The van der Waals surface area contributed by atoms with Crippen LogP contribution in [0.5, 0.6) is 0 Å². The first-order valence-electron chi connectivity index (χ1n) is 8.32. The number of carbonyl (C=O) groups excluding carboxylic acids is 1. The van der Waals surface area contributed by atoms with E-state index < -0.39 is 0 Å². The lowest BCUT2D eigenvalue weighted by Crippen LogP contribution is -1.98. The van der Waals surface area contributed by atoms with Gasteiger partial charge in [-0.2, -0.15) is 0 Å². The molecule has 2 nitrogen and oxygen atoms in total. The third-order valence-corrected chi connectivity index (χ3v) is 5.16. The molecule has 0 aromatic heterocycles. The highest BCUT2D eigenvalue weighted by atomic mass is 79.9. The number of rotatable bonds is 8. The molecule has 0 heterocycles. The predicted octanol–water partition coefficient (Wildman–Crippen LogP) is 7.15. The highest BCUT2D eigenvalue weighted by Gasteiger charge is 2.06. The van der Waals surface area contributed by atoms with Crippen LogP contribution in [0.25, 0.3) is 0 Å². The lowest BCUT2D eigenvalue weighted by molar-refractivity contribution is 0.0982. The second kappa shape index (κ2) is 13.7. The van der Waals surface area contributed by atoms with Crippen LogP contribution in [0.1, 0.15) is 47.7 Å². The molecule has 1 N–H and O–H groups in total. The SMILES string of the molecule is O=C(CCCCl)c1ccc(Br)cc1.OC(CCCCl)c1ccc(Br)cc1. The molecular formula is C20H22Br2Cl2O2. The third kappa shape index (κ3) is 9.52. The Kier molecular flexibility index (Phi) is 12.5. The molecule has 6 heteroatoms. The number of aliphatic hydroxyl groups is 1. The van der Waals surface area contributed by atoms with Gasteiger partial charge in [0.15, 0.2) is 5.78 Å². The zero-order valence-electron chi connectivity index (χ0n) is 14.3. The van der Waals surface area contributed by atoms with Crippen molar-refractivity contribution in [3.05, 3.63) is 68.6 Å². The minimum Gasteiger partial charge on any atom is -0.388 e. The van der Waals surface area contributed by atoms with Gasteiger partial charge in [-0.25, -0.2) is 0 Å². The number of carbonyl (C=O) groups is 1. The number of Topliss-reactive ketones (excluding diaryl/α,β-unsaturated/α-hetero) is 1. The highest BCUT2D eigenvalue weighted by Crippen LogP contribution is 2.20. The van der Waals surface area contributed by atoms with Crippen molar-refractivity contribution in [3.63, 3.8) is 0 Å². The summed E-state index contributed by atoms with van der Waals surface area (Å²) in [6, 6.07) is 15.1. The lowest BCUT2D eigenvalue weighted by atomic mass is 10.1. The fourth-order valence-corrected chi connectivity index (χ4v) is 2.95. The molecule has 0 spiro atoms. The molecule has 0 saturated carbocycles. The Labute approximate surface area is 182 Å². The monoisotopic (exact) mass is 522 g/mol. The minimum atomic E-state index is -0.383. The number of hydrogen-bond acceptors (Lipinski definition) is 2. The van der Waals surface area contributed by atoms with Gasteiger partial charge in [-0.1, -0.05) is 56.1 Å². The van der Waals surface area contributed by atoms with Crippen LogP contribution in [0.15, 0.2) is 57.5 Å². The predicted molar refractivity (Wildman–Crippen MR) is 117 cm³/mol. The smallest absolute Gasteiger partial charge is 0.162 e. The molecule has 1 unspecified atom stereocenters. The second-order valence-corrected chi connectivity index (χ2v) is 8.21. The minimum absolute atomic E-state index is 0.160. The lowest BCUT2D eigenvalue weighted by Gasteiger charge is -2.09. The Hall–Kier alpha value is -0.390. The van der Waals surface area contributed by atoms with Gasteiger partial charge in [-0.3, -0.25) is 4.79 Å². The highest BCUT2D eigenvalue weighted by molar-refractivity contribution is 9.10. The Morgan fingerprint density at radius 2 is 1.38 bits per heavy atom. The van der Waals surface area contributed by atoms with E-state index in [0.29, 0.717) is 18.2 Å². The summed E-state index contributed by atoms with van der Waals surface area (Å²) in [6.07, 6.45) is 2.47. The summed E-state index contributed by atoms with van der Waals surface area (Å²) in [6.45, 7) is 0. The Morgan fingerprint density at radius 3 is 1.88 bits per heavy atom. The van der Waals surface area contributed by atoms with Crippen molar-refractivity contribution in [2.75, 3.05) is 11.8 Å². The first-order chi connectivity index (χ1) is 12.5. The topological polar surface area (TPSA) is 37.3 Å². The van der Waals surface area contributed by atoms with Gasteiger partial charge in [0.25, 0.3) is 0 Å². The van der Waals surface area contributed by atoms with Crippen molar-refractivity contribution in [1.82, 2.24) is 0 Å². The summed E-state index contributed by atoms with van der Waals surface area (Å²) in [5, 5.41) is 9.67. The molecule has 2 aromatic carbocycles. The molecule has 0 aliphatic carbocycles. The van der Waals surface area contributed by atoms with Crippen LogP contribution in [0.2, 0.25) is 0 Å². The summed E-state index contributed by atoms with van der Waals surface area (Å²) >= 11 is 17.7. The van der Waals surface area contributed by atoms with Crippen LogP contribution < -0.4 is 0 Å². The van der Waals surface area contributed by atoms with Gasteiger partial charge in [0, 0.05) is 32.7 Å². The van der Waals surface area contributed by atoms with Gasteiger partial charge in [-0.05, 0) is 49.1 Å². The summed E-state index contributed by atoms with van der Waals surface area (Å²) in [5.41, 5.74) is 1.71. The van der Waals surface area contributed by atoms with Gasteiger partial charge in [-0.15, -0.1) is 23.2 Å². The zero-order valence-corrected chi connectivity index (χ0v) is 19.0. The average molecular weight is 525 g/mol. The van der Waals surface area contributed by atoms with Crippen LogP contribution in [-0.4, -0.2) is 22.6 Å². The molecule has 142 valence electrons. The van der Waals surface area contributed by atoms with Crippen molar-refractivity contribution in [1.29, 1.82) is 0 Å². The summed E-state index contributed by atoms with van der Waals surface area (Å²) < 4.78 is 2.02. The van der Waals surface area contributed by atoms with Gasteiger partial charge < -0.3 is 5.11 Å². The van der Waals surface area contributed by atoms with Crippen molar-refractivity contribution in [3.8, 4) is 0 Å². The molecular weight excluding hydrogens is 503 g/mol. The molecule has 0 aliphatic heterocycles. The van der Waals surface area contributed by atoms with Crippen LogP contribution >= 0.6 is 55.1 Å². The molecule has 0 amide bonds. The summed E-state index contributed by atoms with van der Waals surface area (Å²) in [5.74, 6) is 1.31. The number of hydrogen-bond donors (Lipinski definition) is 1. The molecule has 0 radical (unpaired) electrons. The third-order valence-electron chi connectivity index (χ3n) is 3.57. The van der Waals surface area contributed by atoms with Gasteiger partial charge in [0.2, 0.25) is 0 Å². The molecule has 0 saturated heterocycles. The number of halogens is 4. The van der Waals surface area contributed by atoms with E-state index in [1.54, 1.807) is 0 Å². The molecule has 1 atom stereocenters. The molecule has 2 aromatic rings. The van der Waals surface area contributed by atoms with Crippen LogP contribution in [-0.2, 0) is 0 Å². The van der Waals surface area contributed by atoms with E-state index in [2.05, 4.69) is 31.9 Å². The maximum atomic E-state index is 11.4. The van der Waals surface area contributed by atoms with E-state index >= 15 is 0 Å². The van der Waals surface area contributed by atoms with E-state index in [1.165, 1.54) is 0 Å². The van der Waals surface area contributed by atoms with E-state index in [-0.39, 0.29) is 11.9 Å². The van der Waals surface area contributed by atoms with Gasteiger partial charge in [0.1, 0.15) is 0 Å². The van der Waals surface area contributed by atoms with Crippen LogP contribution in [0.4, 0.5) is 0 Å². The standard InChI is InChI=1S/C10H12BrClO.C10H10BrClO/c2*11-9-5-3-8(4-6-9)10(13)2-1-7-12/h3-6,10,13H,1-2,7H2;3-6H,1-2,7H2. The number of benzene rings is 2. The van der Waals surface area contributed by atoms with Gasteiger partial charge in [0.05, 0.1) is 6.10 Å². The van der Waals surface area contributed by atoms with Crippen LogP contribution in [0.3, 0.4) is 0 Å². The normalized spacial score (nSPS) is 11.4. The zero-order chi connectivity index (χ0) is 19.4. The molecule has 0 fully saturated rings. The fraction of sp³-hybridized carbons (Fsp3) is 0.350. The fourth-order valence-electron chi connectivity index (χ4n) is 2.13. The average Bonchev–Trinajstić information content (AvgIpc) is 2.66. The second-order valence-electron chi connectivity index (χ2n) is 5.62. The van der Waals surface area contributed by atoms with E-state index in [1.807, 2.05) is 48.5 Å². The van der Waals surface area contributed by atoms with Crippen molar-refractivity contribution >= 4 is 60.8 Å². The molecule has 26 heavy (non-hydrogen) atoms. The number of aliphatic hydroxyl groups excluding tert-OH is 1. The number of alkyl halides is 2. The maximum absolute atomic E-state index is 11.4. The Balaban J connectivity index is 0.000000260. The van der Waals surface area contributed by atoms with E-state index in [9.17, 15) is 9.90 Å². The Bertz CT molecular complexity index is 646. The molecule has 0 bridgehead atoms. The summed E-state index contributed by atoms with van der Waals surface area (Å²) in [4.78, 5) is 11.4. The molecule has 0 aliphatic rings. The quantitative estimate of drug-likeness (QED) is 0.294. The van der Waals surface area contributed by atoms with Crippen molar-refractivity contribution in [2.24, 2.45) is 0 Å². The van der Waals surface area contributed by atoms with E-state index in [0.717, 1.165) is 39.3 Å². The first kappa shape index (κ1) is 23.6. The van der Waals surface area contributed by atoms with E-state index in [4.69, 9.17) is 23.2 Å². The van der Waals surface area contributed by atoms with Crippen molar-refractivity contribution < 1.29 is 9.90 Å². The largest absolute Gasteiger partial charge is 0.388 e. The maximum Gasteiger partial charge on any atom is 0.162 e.